The fourth-order valence-corrected chi connectivity index (χ4v) is 1.56. The highest BCUT2D eigenvalue weighted by Crippen LogP contribution is 2.21. The van der Waals surface area contributed by atoms with Gasteiger partial charge in [-0.25, -0.2) is 0 Å². The zero-order chi connectivity index (χ0) is 10.8. The number of nitriles is 1. The molecule has 2 nitrogen and oxygen atoms in total. The Labute approximate surface area is 89.2 Å². The molecule has 0 amide bonds. The summed E-state index contributed by atoms with van der Waals surface area (Å²) in [4.78, 5) is 3.21. The molecule has 0 aliphatic heterocycles. The van der Waals surface area contributed by atoms with E-state index < -0.39 is 0 Å². The number of H-pyrrole nitrogens is 1. The minimum atomic E-state index is 0.713. The second kappa shape index (κ2) is 3.62. The van der Waals surface area contributed by atoms with Gasteiger partial charge < -0.3 is 4.98 Å². The molecule has 1 heterocycles. The van der Waals surface area contributed by atoms with Crippen LogP contribution in [0.15, 0.2) is 30.3 Å². The fraction of sp³-hybridized carbons (Fsp3) is 0.154. The predicted octanol–water partition coefficient (Wildman–Crippen LogP) is 3.17. The number of benzene rings is 1. The molecule has 0 unspecified atom stereocenters. The van der Waals surface area contributed by atoms with Crippen LogP contribution in [0.1, 0.15) is 16.8 Å². The van der Waals surface area contributed by atoms with E-state index >= 15 is 0 Å². The Morgan fingerprint density at radius 3 is 2.33 bits per heavy atom. The first-order chi connectivity index (χ1) is 7.20. The van der Waals surface area contributed by atoms with E-state index in [0.29, 0.717) is 5.56 Å². The standard InChI is InChI=1S/C13H12N2/c1-9-3-5-11(6-4-9)13-7-12(8-14)10(2)15-13/h3-7,15H,1-2H3. The molecule has 0 aliphatic carbocycles. The maximum atomic E-state index is 8.85. The van der Waals surface area contributed by atoms with E-state index in [1.807, 2.05) is 13.0 Å². The molecule has 0 atom stereocenters. The second-order valence-electron chi connectivity index (χ2n) is 3.70. The van der Waals surface area contributed by atoms with Crippen LogP contribution in [0, 0.1) is 25.2 Å². The van der Waals surface area contributed by atoms with Crippen molar-refractivity contribution in [1.82, 2.24) is 4.98 Å². The van der Waals surface area contributed by atoms with Crippen molar-refractivity contribution >= 4 is 0 Å². The Kier molecular flexibility index (Phi) is 2.31. The van der Waals surface area contributed by atoms with E-state index in [1.54, 1.807) is 0 Å². The third-order valence-corrected chi connectivity index (χ3v) is 2.50. The van der Waals surface area contributed by atoms with Crippen molar-refractivity contribution in [2.75, 3.05) is 0 Å². The lowest BCUT2D eigenvalue weighted by atomic mass is 10.1. The van der Waals surface area contributed by atoms with Crippen molar-refractivity contribution in [3.63, 3.8) is 0 Å². The van der Waals surface area contributed by atoms with Crippen LogP contribution in [0.2, 0.25) is 0 Å². The normalized spacial score (nSPS) is 9.93. The van der Waals surface area contributed by atoms with Gasteiger partial charge in [-0.2, -0.15) is 5.26 Å². The van der Waals surface area contributed by atoms with Crippen molar-refractivity contribution in [3.8, 4) is 17.3 Å². The Morgan fingerprint density at radius 2 is 1.80 bits per heavy atom. The molecule has 2 heteroatoms. The molecule has 15 heavy (non-hydrogen) atoms. The van der Waals surface area contributed by atoms with Gasteiger partial charge in [0.2, 0.25) is 0 Å². The average molecular weight is 196 g/mol. The minimum absolute atomic E-state index is 0.713. The summed E-state index contributed by atoms with van der Waals surface area (Å²) < 4.78 is 0. The van der Waals surface area contributed by atoms with Gasteiger partial charge >= 0.3 is 0 Å². The molecule has 1 N–H and O–H groups in total. The number of hydrogen-bond donors (Lipinski definition) is 1. The molecule has 0 bridgehead atoms. The van der Waals surface area contributed by atoms with Crippen LogP contribution in [0.25, 0.3) is 11.3 Å². The zero-order valence-electron chi connectivity index (χ0n) is 8.83. The quantitative estimate of drug-likeness (QED) is 0.747. The van der Waals surface area contributed by atoms with Gasteiger partial charge in [0, 0.05) is 11.4 Å². The van der Waals surface area contributed by atoms with Gasteiger partial charge in [-0.05, 0) is 25.5 Å². The fourth-order valence-electron chi connectivity index (χ4n) is 1.56. The molecule has 2 rings (SSSR count). The monoisotopic (exact) mass is 196 g/mol. The van der Waals surface area contributed by atoms with Crippen LogP contribution in [0.5, 0.6) is 0 Å². The molecular weight excluding hydrogens is 184 g/mol. The number of rotatable bonds is 1. The molecule has 0 aliphatic rings. The highest BCUT2D eigenvalue weighted by molar-refractivity contribution is 5.63. The van der Waals surface area contributed by atoms with E-state index in [9.17, 15) is 0 Å². The van der Waals surface area contributed by atoms with Crippen molar-refractivity contribution < 1.29 is 0 Å². The third-order valence-electron chi connectivity index (χ3n) is 2.50. The van der Waals surface area contributed by atoms with E-state index in [2.05, 4.69) is 42.2 Å². The zero-order valence-corrected chi connectivity index (χ0v) is 8.83. The predicted molar refractivity (Wildman–Crippen MR) is 60.4 cm³/mol. The van der Waals surface area contributed by atoms with E-state index in [4.69, 9.17) is 5.26 Å². The molecule has 0 saturated carbocycles. The van der Waals surface area contributed by atoms with Gasteiger partial charge in [0.1, 0.15) is 6.07 Å². The van der Waals surface area contributed by atoms with Crippen LogP contribution < -0.4 is 0 Å². The molecule has 0 spiro atoms. The van der Waals surface area contributed by atoms with Crippen molar-refractivity contribution in [3.05, 3.63) is 47.2 Å². The molecule has 1 aromatic heterocycles. The number of aromatic nitrogens is 1. The summed E-state index contributed by atoms with van der Waals surface area (Å²) in [6.07, 6.45) is 0. The van der Waals surface area contributed by atoms with Gasteiger partial charge in [0.05, 0.1) is 5.56 Å². The van der Waals surface area contributed by atoms with Gasteiger partial charge in [0.25, 0.3) is 0 Å². The Balaban J connectivity index is 2.46. The topological polar surface area (TPSA) is 39.6 Å². The first kappa shape index (κ1) is 9.54. The summed E-state index contributed by atoms with van der Waals surface area (Å²) >= 11 is 0. The maximum absolute atomic E-state index is 8.85. The number of nitrogens with zero attached hydrogens (tertiary/aromatic N) is 1. The van der Waals surface area contributed by atoms with Crippen molar-refractivity contribution in [1.29, 1.82) is 5.26 Å². The summed E-state index contributed by atoms with van der Waals surface area (Å²) in [5.41, 5.74) is 5.00. The van der Waals surface area contributed by atoms with E-state index in [0.717, 1.165) is 17.0 Å². The summed E-state index contributed by atoms with van der Waals surface area (Å²) in [7, 11) is 0. The van der Waals surface area contributed by atoms with Gasteiger partial charge in [-0.15, -0.1) is 0 Å². The van der Waals surface area contributed by atoms with Crippen LogP contribution in [-0.4, -0.2) is 4.98 Å². The van der Waals surface area contributed by atoms with E-state index in [1.165, 1.54) is 5.56 Å². The van der Waals surface area contributed by atoms with Crippen LogP contribution in [-0.2, 0) is 0 Å². The van der Waals surface area contributed by atoms with Crippen molar-refractivity contribution in [2.24, 2.45) is 0 Å². The smallest absolute Gasteiger partial charge is 0.101 e. The van der Waals surface area contributed by atoms with Gasteiger partial charge in [-0.1, -0.05) is 29.8 Å². The summed E-state index contributed by atoms with van der Waals surface area (Å²) in [6.45, 7) is 3.97. The SMILES string of the molecule is Cc1ccc(-c2cc(C#N)c(C)[nH]2)cc1. The Morgan fingerprint density at radius 1 is 1.13 bits per heavy atom. The summed E-state index contributed by atoms with van der Waals surface area (Å²) in [5.74, 6) is 0. The molecule has 1 aromatic carbocycles. The summed E-state index contributed by atoms with van der Waals surface area (Å²) in [5, 5.41) is 8.85. The Hall–Kier alpha value is -2.01. The lowest BCUT2D eigenvalue weighted by Gasteiger charge is -1.98. The first-order valence-corrected chi connectivity index (χ1v) is 4.87. The average Bonchev–Trinajstić information content (AvgIpc) is 2.61. The first-order valence-electron chi connectivity index (χ1n) is 4.87. The highest BCUT2D eigenvalue weighted by Gasteiger charge is 2.04. The molecule has 74 valence electrons. The van der Waals surface area contributed by atoms with Crippen molar-refractivity contribution in [2.45, 2.75) is 13.8 Å². The Bertz CT molecular complexity index is 512. The largest absolute Gasteiger partial charge is 0.358 e. The van der Waals surface area contributed by atoms with Crippen LogP contribution in [0.3, 0.4) is 0 Å². The molecular formula is C13H12N2. The molecule has 0 radical (unpaired) electrons. The lowest BCUT2D eigenvalue weighted by molar-refractivity contribution is 1.25. The second-order valence-corrected chi connectivity index (χ2v) is 3.70. The van der Waals surface area contributed by atoms with Gasteiger partial charge in [0.15, 0.2) is 0 Å². The lowest BCUT2D eigenvalue weighted by Crippen LogP contribution is -1.78. The third kappa shape index (κ3) is 1.77. The van der Waals surface area contributed by atoms with Crippen LogP contribution in [0.4, 0.5) is 0 Å². The minimum Gasteiger partial charge on any atom is -0.358 e. The number of aryl methyl sites for hydroxylation is 2. The van der Waals surface area contributed by atoms with Crippen LogP contribution >= 0.6 is 0 Å². The van der Waals surface area contributed by atoms with Gasteiger partial charge in [-0.3, -0.25) is 0 Å². The molecule has 2 aromatic rings. The highest BCUT2D eigenvalue weighted by atomic mass is 14.7. The van der Waals surface area contributed by atoms with E-state index in [-0.39, 0.29) is 0 Å². The summed E-state index contributed by atoms with van der Waals surface area (Å²) in [6, 6.07) is 12.3. The molecule has 0 saturated heterocycles. The molecule has 0 fully saturated rings. The maximum Gasteiger partial charge on any atom is 0.101 e. The number of aromatic amines is 1. The number of nitrogens with one attached hydrogen (secondary N) is 1. The number of hydrogen-bond acceptors (Lipinski definition) is 1.